The Hall–Kier alpha value is -1.50. The topological polar surface area (TPSA) is 60.4 Å². The van der Waals surface area contributed by atoms with Crippen molar-refractivity contribution in [1.29, 1.82) is 0 Å². The highest BCUT2D eigenvalue weighted by atomic mass is 32.2. The molecule has 0 bridgehead atoms. The van der Waals surface area contributed by atoms with Gasteiger partial charge in [0.05, 0.1) is 18.8 Å². The molecule has 4 nitrogen and oxygen atoms in total. The zero-order valence-electron chi connectivity index (χ0n) is 11.2. The maximum Gasteiger partial charge on any atom is 0.309 e. The van der Waals surface area contributed by atoms with E-state index >= 15 is 0 Å². The highest BCUT2D eigenvalue weighted by molar-refractivity contribution is 7.91. The van der Waals surface area contributed by atoms with Crippen LogP contribution in [0.15, 0.2) is 30.3 Å². The molecule has 0 aliphatic carbocycles. The minimum atomic E-state index is -4.09. The molecule has 1 aromatic rings. The molecular weight excluding hydrogens is 290 g/mol. The Morgan fingerprint density at radius 1 is 1.30 bits per heavy atom. The van der Waals surface area contributed by atoms with Crippen molar-refractivity contribution in [3.63, 3.8) is 0 Å². The molecule has 0 radical (unpaired) electrons. The Morgan fingerprint density at radius 3 is 2.35 bits per heavy atom. The van der Waals surface area contributed by atoms with Crippen LogP contribution < -0.4 is 0 Å². The summed E-state index contributed by atoms with van der Waals surface area (Å²) in [6.07, 6.45) is 0. The largest absolute Gasteiger partial charge is 0.469 e. The Balaban J connectivity index is 2.83. The fraction of sp³-hybridized carbons (Fsp3) is 0.462. The van der Waals surface area contributed by atoms with Gasteiger partial charge in [0.15, 0.2) is 9.84 Å². The summed E-state index contributed by atoms with van der Waals surface area (Å²) in [5, 5.41) is 0. The van der Waals surface area contributed by atoms with E-state index in [-0.39, 0.29) is 5.56 Å². The van der Waals surface area contributed by atoms with Crippen LogP contribution in [0.3, 0.4) is 0 Å². The molecule has 1 aromatic carbocycles. The van der Waals surface area contributed by atoms with Crippen LogP contribution >= 0.6 is 0 Å². The number of hydrogen-bond donors (Lipinski definition) is 0. The smallest absolute Gasteiger partial charge is 0.309 e. The molecule has 0 fully saturated rings. The fourth-order valence-corrected chi connectivity index (χ4v) is 3.49. The highest BCUT2D eigenvalue weighted by Crippen LogP contribution is 2.30. The van der Waals surface area contributed by atoms with Gasteiger partial charge in [0.1, 0.15) is 5.75 Å². The van der Waals surface area contributed by atoms with Crippen LogP contribution in [0.5, 0.6) is 0 Å². The Labute approximate surface area is 116 Å². The molecule has 0 N–H and O–H groups in total. The Bertz CT molecular complexity index is 555. The van der Waals surface area contributed by atoms with E-state index in [0.717, 1.165) is 7.11 Å². The summed E-state index contributed by atoms with van der Waals surface area (Å²) in [7, 11) is -2.98. The maximum atomic E-state index is 13.9. The number of alkyl halides is 2. The van der Waals surface area contributed by atoms with Gasteiger partial charge in [-0.1, -0.05) is 37.3 Å². The predicted octanol–water partition coefficient (Wildman–Crippen LogP) is 2.00. The second-order valence-electron chi connectivity index (χ2n) is 4.55. The second kappa shape index (κ2) is 6.30. The van der Waals surface area contributed by atoms with Gasteiger partial charge < -0.3 is 4.74 Å². The minimum absolute atomic E-state index is 0.366. The van der Waals surface area contributed by atoms with E-state index in [2.05, 4.69) is 4.74 Å². The van der Waals surface area contributed by atoms with Crippen LogP contribution in [-0.4, -0.2) is 33.0 Å². The number of halogens is 2. The van der Waals surface area contributed by atoms with Crippen molar-refractivity contribution in [2.24, 2.45) is 5.92 Å². The summed E-state index contributed by atoms with van der Waals surface area (Å²) in [5.74, 6) is -7.20. The standard InChI is InChI=1S/C13H16F2O4S/c1-10(12(16)19-2)8-20(17,18)9-13(14,15)11-6-4-3-5-7-11/h3-7,10H,8-9H2,1-2H3. The van der Waals surface area contributed by atoms with Crippen molar-refractivity contribution in [2.75, 3.05) is 18.6 Å². The maximum absolute atomic E-state index is 13.9. The summed E-state index contributed by atoms with van der Waals surface area (Å²) in [6.45, 7) is 1.32. The van der Waals surface area contributed by atoms with E-state index in [1.54, 1.807) is 6.07 Å². The number of sulfone groups is 1. The lowest BCUT2D eigenvalue weighted by Gasteiger charge is -2.18. The molecule has 0 saturated carbocycles. The Morgan fingerprint density at radius 2 is 1.85 bits per heavy atom. The van der Waals surface area contributed by atoms with E-state index < -0.39 is 39.2 Å². The molecule has 7 heteroatoms. The van der Waals surface area contributed by atoms with Gasteiger partial charge in [-0.2, -0.15) is 0 Å². The monoisotopic (exact) mass is 306 g/mol. The third kappa shape index (κ3) is 4.56. The Kier molecular flexibility index (Phi) is 5.21. The average molecular weight is 306 g/mol. The summed E-state index contributed by atoms with van der Waals surface area (Å²) in [5.41, 5.74) is -0.366. The first-order chi connectivity index (χ1) is 9.18. The molecule has 0 aliphatic heterocycles. The highest BCUT2D eigenvalue weighted by Gasteiger charge is 2.38. The quantitative estimate of drug-likeness (QED) is 0.754. The van der Waals surface area contributed by atoms with Crippen molar-refractivity contribution in [1.82, 2.24) is 0 Å². The van der Waals surface area contributed by atoms with Crippen molar-refractivity contribution < 1.29 is 26.7 Å². The van der Waals surface area contributed by atoms with Gasteiger partial charge in [-0.05, 0) is 0 Å². The normalized spacial score (nSPS) is 13.8. The van der Waals surface area contributed by atoms with Gasteiger partial charge in [0.2, 0.25) is 0 Å². The van der Waals surface area contributed by atoms with Gasteiger partial charge in [0.25, 0.3) is 5.92 Å². The van der Waals surface area contributed by atoms with Crippen LogP contribution in [0.4, 0.5) is 8.78 Å². The van der Waals surface area contributed by atoms with Crippen LogP contribution in [0.25, 0.3) is 0 Å². The number of hydrogen-bond acceptors (Lipinski definition) is 4. The van der Waals surface area contributed by atoms with E-state index in [1.165, 1.54) is 31.2 Å². The molecule has 1 rings (SSSR count). The molecule has 0 saturated heterocycles. The van der Waals surface area contributed by atoms with Gasteiger partial charge in [-0.3, -0.25) is 4.79 Å². The van der Waals surface area contributed by atoms with Gasteiger partial charge >= 0.3 is 5.97 Å². The minimum Gasteiger partial charge on any atom is -0.469 e. The summed E-state index contributed by atoms with van der Waals surface area (Å²) in [4.78, 5) is 11.2. The molecule has 0 heterocycles. The first-order valence-corrected chi connectivity index (χ1v) is 7.72. The molecular formula is C13H16F2O4S. The number of esters is 1. The zero-order chi connectivity index (χ0) is 15.4. The molecule has 112 valence electrons. The first-order valence-electron chi connectivity index (χ1n) is 5.89. The van der Waals surface area contributed by atoms with Gasteiger partial charge in [-0.15, -0.1) is 0 Å². The second-order valence-corrected chi connectivity index (χ2v) is 6.66. The van der Waals surface area contributed by atoms with Crippen LogP contribution in [0, 0.1) is 5.92 Å². The first kappa shape index (κ1) is 16.6. The van der Waals surface area contributed by atoms with Gasteiger partial charge in [0, 0.05) is 5.56 Å². The SMILES string of the molecule is COC(=O)C(C)CS(=O)(=O)CC(F)(F)c1ccccc1. The van der Waals surface area contributed by atoms with E-state index in [1.807, 2.05) is 0 Å². The molecule has 1 unspecified atom stereocenters. The molecule has 1 atom stereocenters. The van der Waals surface area contributed by atoms with Crippen LogP contribution in [0.2, 0.25) is 0 Å². The number of carbonyl (C=O) groups excluding carboxylic acids is 1. The molecule has 0 amide bonds. The third-order valence-electron chi connectivity index (χ3n) is 2.70. The molecule has 0 aromatic heterocycles. The van der Waals surface area contributed by atoms with Crippen molar-refractivity contribution in [3.8, 4) is 0 Å². The number of benzene rings is 1. The zero-order valence-corrected chi connectivity index (χ0v) is 12.0. The van der Waals surface area contributed by atoms with Crippen molar-refractivity contribution in [3.05, 3.63) is 35.9 Å². The fourth-order valence-electron chi connectivity index (χ4n) is 1.75. The van der Waals surface area contributed by atoms with E-state index in [4.69, 9.17) is 0 Å². The lowest BCUT2D eigenvalue weighted by Crippen LogP contribution is -2.31. The molecule has 0 aliphatic rings. The van der Waals surface area contributed by atoms with Crippen molar-refractivity contribution >= 4 is 15.8 Å². The molecule has 20 heavy (non-hydrogen) atoms. The van der Waals surface area contributed by atoms with E-state index in [0.29, 0.717) is 0 Å². The number of methoxy groups -OCH3 is 1. The molecule has 0 spiro atoms. The summed E-state index contributed by atoms with van der Waals surface area (Å²) >= 11 is 0. The number of ether oxygens (including phenoxy) is 1. The predicted molar refractivity (Wildman–Crippen MR) is 70.2 cm³/mol. The lowest BCUT2D eigenvalue weighted by atomic mass is 10.1. The van der Waals surface area contributed by atoms with Crippen molar-refractivity contribution in [2.45, 2.75) is 12.8 Å². The third-order valence-corrected chi connectivity index (χ3v) is 4.52. The average Bonchev–Trinajstić information content (AvgIpc) is 2.36. The van der Waals surface area contributed by atoms with Crippen LogP contribution in [-0.2, 0) is 25.3 Å². The number of rotatable bonds is 6. The van der Waals surface area contributed by atoms with Gasteiger partial charge in [-0.25, -0.2) is 17.2 Å². The van der Waals surface area contributed by atoms with E-state index in [9.17, 15) is 22.0 Å². The van der Waals surface area contributed by atoms with Crippen LogP contribution in [0.1, 0.15) is 12.5 Å². The summed E-state index contributed by atoms with van der Waals surface area (Å²) < 4.78 is 55.7. The number of carbonyl (C=O) groups is 1. The summed E-state index contributed by atoms with van der Waals surface area (Å²) in [6, 6.07) is 6.71. The lowest BCUT2D eigenvalue weighted by molar-refractivity contribution is -0.144.